The van der Waals surface area contributed by atoms with E-state index < -0.39 is 0 Å². The van der Waals surface area contributed by atoms with E-state index >= 15 is 0 Å². The van der Waals surface area contributed by atoms with Crippen LogP contribution in [0.25, 0.3) is 117 Å². The van der Waals surface area contributed by atoms with E-state index in [9.17, 15) is 0 Å². The second kappa shape index (κ2) is 14.7. The van der Waals surface area contributed by atoms with Gasteiger partial charge in [0.05, 0.1) is 16.4 Å². The van der Waals surface area contributed by atoms with Crippen LogP contribution in [-0.4, -0.2) is 19.5 Å². The van der Waals surface area contributed by atoms with Crippen molar-refractivity contribution in [1.29, 1.82) is 0 Å². The molecule has 3 heterocycles. The fourth-order valence-electron chi connectivity index (χ4n) is 8.81. The first-order chi connectivity index (χ1) is 30.7. The van der Waals surface area contributed by atoms with Gasteiger partial charge in [-0.2, -0.15) is 0 Å². The number of benzene rings is 9. The Morgan fingerprint density at radius 1 is 0.306 bits per heavy atom. The highest BCUT2D eigenvalue weighted by Crippen LogP contribution is 2.42. The highest BCUT2D eigenvalue weighted by Gasteiger charge is 2.20. The molecular weight excluding hydrogens is 757 g/mol. The smallest absolute Gasteiger partial charge is 0.164 e. The summed E-state index contributed by atoms with van der Waals surface area (Å²) in [5.41, 5.74) is 14.7. The van der Waals surface area contributed by atoms with Crippen LogP contribution in [0.2, 0.25) is 0 Å². The van der Waals surface area contributed by atoms with Crippen molar-refractivity contribution in [3.8, 4) is 73.2 Å². The minimum Gasteiger partial charge on any atom is -0.455 e. The van der Waals surface area contributed by atoms with E-state index in [1.165, 1.54) is 16.7 Å². The van der Waals surface area contributed by atoms with Crippen LogP contribution in [0.1, 0.15) is 0 Å². The molecule has 12 rings (SSSR count). The van der Waals surface area contributed by atoms with Crippen molar-refractivity contribution in [2.45, 2.75) is 0 Å². The van der Waals surface area contributed by atoms with E-state index in [0.29, 0.717) is 17.5 Å². The fraction of sp³-hybridized carbons (Fsp3) is 0. The van der Waals surface area contributed by atoms with Crippen LogP contribution in [-0.2, 0) is 0 Å². The van der Waals surface area contributed by atoms with Gasteiger partial charge in [0.15, 0.2) is 17.5 Å². The first kappa shape index (κ1) is 35.5. The van der Waals surface area contributed by atoms with E-state index in [0.717, 1.165) is 82.8 Å². The van der Waals surface area contributed by atoms with E-state index in [1.54, 1.807) is 0 Å². The summed E-state index contributed by atoms with van der Waals surface area (Å²) in [5.74, 6) is 1.81. The summed E-state index contributed by atoms with van der Waals surface area (Å²) in [4.78, 5) is 15.1. The number of hydrogen-bond acceptors (Lipinski definition) is 4. The molecule has 0 saturated heterocycles. The number of rotatable bonds is 7. The maximum absolute atomic E-state index is 6.93. The lowest BCUT2D eigenvalue weighted by molar-refractivity contribution is 0.673. The van der Waals surface area contributed by atoms with Gasteiger partial charge in [0.1, 0.15) is 11.2 Å². The molecule has 62 heavy (non-hydrogen) atoms. The topological polar surface area (TPSA) is 56.7 Å². The van der Waals surface area contributed by atoms with Gasteiger partial charge in [0.25, 0.3) is 0 Å². The molecule has 0 aliphatic heterocycles. The highest BCUT2D eigenvalue weighted by molar-refractivity contribution is 6.24. The quantitative estimate of drug-likeness (QED) is 0.161. The van der Waals surface area contributed by atoms with Crippen molar-refractivity contribution in [2.24, 2.45) is 0 Å². The van der Waals surface area contributed by atoms with E-state index in [2.05, 4.69) is 187 Å². The zero-order valence-corrected chi connectivity index (χ0v) is 33.5. The number of nitrogens with zero attached hydrogens (tertiary/aromatic N) is 4. The van der Waals surface area contributed by atoms with Crippen LogP contribution < -0.4 is 0 Å². The van der Waals surface area contributed by atoms with E-state index in [-0.39, 0.29) is 0 Å². The summed E-state index contributed by atoms with van der Waals surface area (Å²) in [5, 5.41) is 4.32. The number of para-hydroxylation sites is 1. The molecule has 12 aromatic rings. The van der Waals surface area contributed by atoms with Crippen molar-refractivity contribution in [1.82, 2.24) is 19.5 Å². The number of aromatic nitrogens is 4. The molecule has 3 aromatic heterocycles. The predicted octanol–water partition coefficient (Wildman–Crippen LogP) is 14.9. The SMILES string of the molecule is c1ccc(-c2ccc(-c3cccc(-n4c5ccccc5c5c6oc7cc(-c8nc(-c9ccccc9)nc(-c9ccc(-c%10ccccc%10)cc9)n8)ccc7c6ccc54)c3)cc2)cc1. The van der Waals surface area contributed by atoms with Gasteiger partial charge in [-0.05, 0) is 75.8 Å². The molecule has 0 aliphatic rings. The molecule has 290 valence electrons. The molecule has 0 amide bonds. The van der Waals surface area contributed by atoms with Crippen LogP contribution in [0.15, 0.2) is 223 Å². The summed E-state index contributed by atoms with van der Waals surface area (Å²) >= 11 is 0. The zero-order chi connectivity index (χ0) is 41.0. The van der Waals surface area contributed by atoms with E-state index in [1.807, 2.05) is 36.4 Å². The fourth-order valence-corrected chi connectivity index (χ4v) is 8.81. The second-order valence-corrected chi connectivity index (χ2v) is 15.6. The average Bonchev–Trinajstić information content (AvgIpc) is 3.90. The van der Waals surface area contributed by atoms with Crippen molar-refractivity contribution in [2.75, 3.05) is 0 Å². The lowest BCUT2D eigenvalue weighted by Crippen LogP contribution is -2.00. The first-order valence-corrected chi connectivity index (χ1v) is 20.8. The Labute approximate surface area is 357 Å². The standard InChI is InChI=1S/C57H36N4O/c1-4-13-37(14-5-1)39-23-25-41(26-24-39)44-19-12-20-46(35-44)61-50-22-11-10-21-49(50)53-51(61)34-33-48-47-32-31-45(36-52(47)62-54(48)53)57-59-55(42-17-8-3-9-18-42)58-56(60-57)43-29-27-40(28-30-43)38-15-6-2-7-16-38/h1-36H. The third-order valence-corrected chi connectivity index (χ3v) is 11.9. The van der Waals surface area contributed by atoms with Crippen LogP contribution >= 0.6 is 0 Å². The third-order valence-electron chi connectivity index (χ3n) is 11.9. The maximum Gasteiger partial charge on any atom is 0.164 e. The van der Waals surface area contributed by atoms with Gasteiger partial charge in [-0.1, -0.05) is 176 Å². The van der Waals surface area contributed by atoms with Gasteiger partial charge in [0.2, 0.25) is 0 Å². The monoisotopic (exact) mass is 792 g/mol. The van der Waals surface area contributed by atoms with Gasteiger partial charge >= 0.3 is 0 Å². The molecule has 0 N–H and O–H groups in total. The van der Waals surface area contributed by atoms with Gasteiger partial charge < -0.3 is 8.98 Å². The van der Waals surface area contributed by atoms with Crippen LogP contribution in [0.4, 0.5) is 0 Å². The number of furan rings is 1. The summed E-state index contributed by atoms with van der Waals surface area (Å²) in [6, 6.07) is 76.3. The molecule has 0 spiro atoms. The molecule has 9 aromatic carbocycles. The van der Waals surface area contributed by atoms with Gasteiger partial charge in [-0.3, -0.25) is 0 Å². The largest absolute Gasteiger partial charge is 0.455 e. The number of hydrogen-bond donors (Lipinski definition) is 0. The minimum absolute atomic E-state index is 0.583. The number of fused-ring (bicyclic) bond motifs is 7. The highest BCUT2D eigenvalue weighted by atomic mass is 16.3. The van der Waals surface area contributed by atoms with E-state index in [4.69, 9.17) is 19.4 Å². The third kappa shape index (κ3) is 6.14. The van der Waals surface area contributed by atoms with Crippen LogP contribution in [0.3, 0.4) is 0 Å². The molecular formula is C57H36N4O. The summed E-state index contributed by atoms with van der Waals surface area (Å²) < 4.78 is 9.28. The Morgan fingerprint density at radius 3 is 1.42 bits per heavy atom. The Hall–Kier alpha value is -8.41. The summed E-state index contributed by atoms with van der Waals surface area (Å²) in [7, 11) is 0. The van der Waals surface area contributed by atoms with Gasteiger partial charge in [-0.25, -0.2) is 15.0 Å². The van der Waals surface area contributed by atoms with Crippen molar-refractivity contribution >= 4 is 43.7 Å². The zero-order valence-electron chi connectivity index (χ0n) is 33.5. The molecule has 0 saturated carbocycles. The maximum atomic E-state index is 6.93. The summed E-state index contributed by atoms with van der Waals surface area (Å²) in [6.45, 7) is 0. The average molecular weight is 793 g/mol. The lowest BCUT2D eigenvalue weighted by atomic mass is 10.00. The molecule has 0 radical (unpaired) electrons. The Bertz CT molecular complexity index is 3590. The Kier molecular flexibility index (Phi) is 8.42. The van der Waals surface area contributed by atoms with Gasteiger partial charge in [0, 0.05) is 38.5 Å². The first-order valence-electron chi connectivity index (χ1n) is 20.8. The predicted molar refractivity (Wildman–Crippen MR) is 254 cm³/mol. The Morgan fingerprint density at radius 2 is 0.774 bits per heavy atom. The molecule has 5 nitrogen and oxygen atoms in total. The van der Waals surface area contributed by atoms with Crippen molar-refractivity contribution in [3.05, 3.63) is 218 Å². The lowest BCUT2D eigenvalue weighted by Gasteiger charge is -2.11. The molecule has 0 unspecified atom stereocenters. The molecule has 0 atom stereocenters. The summed E-state index contributed by atoms with van der Waals surface area (Å²) in [6.07, 6.45) is 0. The second-order valence-electron chi connectivity index (χ2n) is 15.6. The Balaban J connectivity index is 0.962. The molecule has 0 fully saturated rings. The minimum atomic E-state index is 0.583. The van der Waals surface area contributed by atoms with Crippen LogP contribution in [0.5, 0.6) is 0 Å². The molecule has 0 aliphatic carbocycles. The molecule has 0 bridgehead atoms. The van der Waals surface area contributed by atoms with Crippen LogP contribution in [0, 0.1) is 0 Å². The van der Waals surface area contributed by atoms with Gasteiger partial charge in [-0.15, -0.1) is 0 Å². The van der Waals surface area contributed by atoms with Crippen molar-refractivity contribution < 1.29 is 4.42 Å². The molecule has 5 heteroatoms. The normalized spacial score (nSPS) is 11.5. The van der Waals surface area contributed by atoms with Crippen molar-refractivity contribution in [3.63, 3.8) is 0 Å².